The van der Waals surface area contributed by atoms with E-state index in [2.05, 4.69) is 78.6 Å². The third-order valence-electron chi connectivity index (χ3n) is 12.4. The summed E-state index contributed by atoms with van der Waals surface area (Å²) >= 11 is 19.8. The molecule has 496 valence electrons. The van der Waals surface area contributed by atoms with Crippen molar-refractivity contribution in [1.29, 1.82) is 0 Å². The van der Waals surface area contributed by atoms with Crippen LogP contribution in [0.1, 0.15) is 27.8 Å². The summed E-state index contributed by atoms with van der Waals surface area (Å²) in [5.41, 5.74) is 21.7. The number of nitrogens with one attached hydrogen (secondary N) is 1. The molecule has 0 aliphatic carbocycles. The van der Waals surface area contributed by atoms with Crippen molar-refractivity contribution in [3.63, 3.8) is 0 Å². The minimum absolute atomic E-state index is 0.0382. The van der Waals surface area contributed by atoms with Crippen LogP contribution in [-0.2, 0) is 11.2 Å². The number of phenols is 1. The molecule has 0 unspecified atom stereocenters. The largest absolute Gasteiger partial charge is 0.505 e. The van der Waals surface area contributed by atoms with Gasteiger partial charge in [0.15, 0.2) is 46.2 Å². The molecule has 0 bridgehead atoms. The first kappa shape index (κ1) is 73.3. The zero-order valence-corrected chi connectivity index (χ0v) is 55.0. The molecule has 9 heterocycles. The van der Waals surface area contributed by atoms with Crippen molar-refractivity contribution in [3.8, 4) is 34.5 Å². The smallest absolute Gasteiger partial charge is 0.339 e. The number of benzene rings is 4. The highest BCUT2D eigenvalue weighted by atomic mass is 36.0. The molecule has 31 heteroatoms. The van der Waals surface area contributed by atoms with Gasteiger partial charge in [-0.15, -0.1) is 0 Å². The second kappa shape index (κ2) is 34.8. The highest BCUT2D eigenvalue weighted by Gasteiger charge is 2.16. The minimum Gasteiger partial charge on any atom is -0.505 e. The number of fused-ring (bicyclic) bond motifs is 4. The predicted octanol–water partition coefficient (Wildman–Crippen LogP) is 17.5. The average molecular weight is 1420 g/mol. The van der Waals surface area contributed by atoms with Crippen molar-refractivity contribution < 1.29 is 46.9 Å². The lowest BCUT2D eigenvalue weighted by molar-refractivity contribution is -0.385. The van der Waals surface area contributed by atoms with Crippen LogP contribution < -0.4 is 31.1 Å². The fourth-order valence-electron chi connectivity index (χ4n) is 8.05. The number of nitrogens with zero attached hydrogens (tertiary/aromatic N) is 10. The fraction of sp³-hybridized carbons (Fsp3) is 0.0758. The van der Waals surface area contributed by atoms with E-state index in [1.54, 1.807) is 86.1 Å². The van der Waals surface area contributed by atoms with Crippen LogP contribution in [0, 0.1) is 65.4 Å². The molecule has 0 aliphatic heterocycles. The van der Waals surface area contributed by atoms with E-state index in [0.29, 0.717) is 68.2 Å². The van der Waals surface area contributed by atoms with Gasteiger partial charge in [-0.25, -0.2) is 18.2 Å². The second-order valence-electron chi connectivity index (χ2n) is 20.1. The van der Waals surface area contributed by atoms with Gasteiger partial charge in [0, 0.05) is 104 Å². The normalized spacial score (nSPS) is 10.4. The van der Waals surface area contributed by atoms with Gasteiger partial charge in [-0.05, 0) is 144 Å². The van der Waals surface area contributed by atoms with Gasteiger partial charge < -0.3 is 35.8 Å². The number of nitrogen functional groups attached to an aromatic ring is 2. The Labute approximate surface area is 568 Å². The number of non-ortho nitro benzene ring substituents is 2. The topological polar surface area (TPSA) is 339 Å². The number of hydrogen-bond donors (Lipinski definition) is 4. The molecule has 4 aromatic carbocycles. The standard InChI is InChI=1S/C21H16FN3O2.C15H10FN3O3.C9H7ClN2.C9H8N2O.C6H4FNO3.C6H8N2.Cl3OP/c22-17-10-15(23)6-7-19(17)27-20-8-9-24-18-11-16(12-25-21(18)20)26-13-14-4-2-1-3-5-14;1-9-6-12-15(18-8-9)14(4-5-17-12)22-13-3-2-10(19(20)21)7-11(13)16;1-6-4-8-9(12-5-6)7(10)2-3-11-8;1-6-4-7-9(11-5-6)8(12)2-3-10-7;7-5-3-4(8(10)11)1-2-6(5)9;1-5-2-6(7)4-8-3-5;1-5(2,3)4/h1-12H,13,23H2;2-8H,1H3;2-5H,1H3;2-5H,1H3,(H,10,12);1-3,9H;2-4H,7H2,1H3;. The highest BCUT2D eigenvalue weighted by Crippen LogP contribution is 2.61. The molecule has 23 nitrogen and oxygen atoms in total. The first-order valence-corrected chi connectivity index (χ1v) is 32.8. The van der Waals surface area contributed by atoms with E-state index in [4.69, 9.17) is 42.4 Å². The number of pyridine rings is 9. The maximum Gasteiger partial charge on any atom is 0.339 e. The number of halogens is 7. The van der Waals surface area contributed by atoms with Crippen molar-refractivity contribution in [2.45, 2.75) is 34.3 Å². The Hall–Kier alpha value is -11.2. The Morgan fingerprint density at radius 2 is 1.03 bits per heavy atom. The Kier molecular flexibility index (Phi) is 26.3. The van der Waals surface area contributed by atoms with Crippen LogP contribution in [-0.4, -0.2) is 59.8 Å². The number of hydrogen-bond acceptors (Lipinski definition) is 20. The Balaban J connectivity index is 0.000000169. The summed E-state index contributed by atoms with van der Waals surface area (Å²) in [4.78, 5) is 66.7. The summed E-state index contributed by atoms with van der Waals surface area (Å²) in [6, 6.07) is 35.7. The zero-order chi connectivity index (χ0) is 70.3. The molecule has 13 rings (SSSR count). The van der Waals surface area contributed by atoms with E-state index in [1.165, 1.54) is 36.5 Å². The van der Waals surface area contributed by atoms with Crippen molar-refractivity contribution >= 4 is 117 Å². The van der Waals surface area contributed by atoms with Gasteiger partial charge in [-0.1, -0.05) is 41.9 Å². The number of nitro groups is 2. The molecule has 0 amide bonds. The minimum atomic E-state index is -3.22. The van der Waals surface area contributed by atoms with Gasteiger partial charge in [0.25, 0.3) is 11.4 Å². The van der Waals surface area contributed by atoms with Gasteiger partial charge in [0.05, 0.1) is 61.0 Å². The van der Waals surface area contributed by atoms with Crippen LogP contribution in [0.4, 0.5) is 35.9 Å². The van der Waals surface area contributed by atoms with Crippen LogP contribution in [0.5, 0.6) is 34.5 Å². The number of nitrogens with two attached hydrogens (primary N) is 2. The molecule has 13 aromatic rings. The number of aromatic amines is 1. The Morgan fingerprint density at radius 1 is 0.536 bits per heavy atom. The lowest BCUT2D eigenvalue weighted by Gasteiger charge is -2.10. The first-order chi connectivity index (χ1) is 46.2. The quantitative estimate of drug-likeness (QED) is 0.0451. The molecule has 0 atom stereocenters. The van der Waals surface area contributed by atoms with Gasteiger partial charge in [0.1, 0.15) is 34.4 Å². The van der Waals surface area contributed by atoms with Crippen LogP contribution in [0.3, 0.4) is 0 Å². The van der Waals surface area contributed by atoms with Gasteiger partial charge in [-0.2, -0.15) is 0 Å². The molecule has 9 aromatic heterocycles. The number of phenolic OH excluding ortho intramolecular Hbond substituents is 1. The van der Waals surface area contributed by atoms with Crippen molar-refractivity contribution in [1.82, 2.24) is 44.9 Å². The molecule has 0 spiro atoms. The maximum atomic E-state index is 14.0. The van der Waals surface area contributed by atoms with Gasteiger partial charge >= 0.3 is 5.20 Å². The average Bonchev–Trinajstić information content (AvgIpc) is 0.836. The highest BCUT2D eigenvalue weighted by molar-refractivity contribution is 8.24. The number of aromatic nitrogens is 9. The summed E-state index contributed by atoms with van der Waals surface area (Å²) in [6.07, 6.45) is 16.6. The van der Waals surface area contributed by atoms with E-state index in [1.807, 2.05) is 82.3 Å². The number of rotatable bonds is 9. The monoisotopic (exact) mass is 1420 g/mol. The summed E-state index contributed by atoms with van der Waals surface area (Å²) in [5, 5.41) is 26.7. The summed E-state index contributed by atoms with van der Waals surface area (Å²) in [6.45, 7) is 8.20. The van der Waals surface area contributed by atoms with Gasteiger partial charge in [0.2, 0.25) is 5.43 Å². The molecule has 0 radical (unpaired) electrons. The van der Waals surface area contributed by atoms with Crippen LogP contribution in [0.25, 0.3) is 44.1 Å². The number of anilines is 2. The summed E-state index contributed by atoms with van der Waals surface area (Å²) in [5.74, 6) is -1.64. The second-order valence-corrected chi connectivity index (χ2v) is 27.1. The zero-order valence-electron chi connectivity index (χ0n) is 51.1. The maximum absolute atomic E-state index is 14.0. The van der Waals surface area contributed by atoms with Crippen LogP contribution in [0.2, 0.25) is 5.02 Å². The number of nitro benzene ring substituents is 2. The van der Waals surface area contributed by atoms with Crippen molar-refractivity contribution in [3.05, 3.63) is 282 Å². The van der Waals surface area contributed by atoms with Crippen LogP contribution in [0.15, 0.2) is 206 Å². The Morgan fingerprint density at radius 3 is 1.58 bits per heavy atom. The predicted molar refractivity (Wildman–Crippen MR) is 368 cm³/mol. The van der Waals surface area contributed by atoms with E-state index in [-0.39, 0.29) is 28.3 Å². The lowest BCUT2D eigenvalue weighted by atomic mass is 10.2. The third kappa shape index (κ3) is 23.1. The van der Waals surface area contributed by atoms with Crippen LogP contribution >= 0.6 is 50.5 Å². The lowest BCUT2D eigenvalue weighted by Crippen LogP contribution is -2.02. The number of H-pyrrole nitrogens is 1. The van der Waals surface area contributed by atoms with E-state index in [9.17, 15) is 42.8 Å². The van der Waals surface area contributed by atoms with Crippen molar-refractivity contribution in [2.24, 2.45) is 0 Å². The SMILES string of the molecule is Cc1cnc2c(=O)cc[nH]c2c1.Cc1cnc2c(Cl)ccnc2c1.Cc1cnc2c(Oc3ccc([N+](=O)[O-])cc3F)ccnc2c1.Cc1cncc(N)c1.Nc1ccc(Oc2ccnc3cc(OCc4ccccc4)cnc23)c(F)c1.O=P(Cl)(Cl)Cl.O=[N+]([O-])c1ccc(O)c(F)c1. The van der Waals surface area contributed by atoms with E-state index in [0.717, 1.165) is 68.3 Å². The molecular weight excluding hydrogens is 1360 g/mol. The van der Waals surface area contributed by atoms with E-state index < -0.39 is 38.2 Å². The van der Waals surface area contributed by atoms with E-state index >= 15 is 0 Å². The first-order valence-electron chi connectivity index (χ1n) is 28.0. The number of aromatic hydroxyl groups is 1. The molecule has 97 heavy (non-hydrogen) atoms. The Bertz CT molecular complexity index is 5010. The molecule has 6 N–H and O–H groups in total. The molecule has 0 saturated carbocycles. The summed E-state index contributed by atoms with van der Waals surface area (Å²) < 4.78 is 66.7. The number of aryl methyl sites for hydroxylation is 4. The molecule has 0 aliphatic rings. The summed E-state index contributed by atoms with van der Waals surface area (Å²) in [7, 11) is 0. The van der Waals surface area contributed by atoms with Crippen molar-refractivity contribution in [2.75, 3.05) is 11.5 Å². The third-order valence-corrected chi connectivity index (χ3v) is 12.7. The number of ether oxygens (including phenoxy) is 3. The fourth-order valence-corrected chi connectivity index (χ4v) is 8.25. The molecule has 0 saturated heterocycles. The molecule has 0 fully saturated rings. The molecular formula is C66H53Cl4F3N13O10P. The van der Waals surface area contributed by atoms with Gasteiger partial charge in [-0.3, -0.25) is 64.5 Å².